The Morgan fingerprint density at radius 3 is 2.50 bits per heavy atom. The Hall–Kier alpha value is -1.15. The van der Waals surface area contributed by atoms with E-state index in [1.54, 1.807) is 4.90 Å². The van der Waals surface area contributed by atoms with E-state index in [9.17, 15) is 9.59 Å². The number of likely N-dealkylation sites (N-methyl/N-ethyl adjacent to an activating group) is 2. The molecule has 0 atom stereocenters. The molecule has 110 valence electrons. The van der Waals surface area contributed by atoms with E-state index in [2.05, 4.69) is 33.2 Å². The summed E-state index contributed by atoms with van der Waals surface area (Å²) in [4.78, 5) is 25.3. The summed E-state index contributed by atoms with van der Waals surface area (Å²) >= 11 is 2.20. The average molecular weight is 389 g/mol. The van der Waals surface area contributed by atoms with Gasteiger partial charge in [0, 0.05) is 15.8 Å². The number of halogens is 1. The van der Waals surface area contributed by atoms with Crippen molar-refractivity contribution in [2.75, 3.05) is 31.5 Å². The molecule has 1 rings (SSSR count). The molecule has 0 spiro atoms. The first-order chi connectivity index (χ1) is 9.55. The van der Waals surface area contributed by atoms with E-state index >= 15 is 0 Å². The monoisotopic (exact) mass is 389 g/mol. The minimum atomic E-state index is -0.113. The van der Waals surface area contributed by atoms with Crippen LogP contribution >= 0.6 is 22.6 Å². The van der Waals surface area contributed by atoms with Crippen LogP contribution < -0.4 is 10.6 Å². The predicted octanol–water partition coefficient (Wildman–Crippen LogP) is 1.69. The molecular weight excluding hydrogens is 369 g/mol. The van der Waals surface area contributed by atoms with Gasteiger partial charge in [0.2, 0.25) is 11.8 Å². The molecule has 0 aliphatic rings. The van der Waals surface area contributed by atoms with Crippen molar-refractivity contribution in [2.45, 2.75) is 13.8 Å². The second kappa shape index (κ2) is 8.91. The molecule has 5 nitrogen and oxygen atoms in total. The molecule has 6 heteroatoms. The zero-order chi connectivity index (χ0) is 15.0. The smallest absolute Gasteiger partial charge is 0.238 e. The van der Waals surface area contributed by atoms with Crippen LogP contribution in [0.4, 0.5) is 5.69 Å². The van der Waals surface area contributed by atoms with E-state index in [-0.39, 0.29) is 24.9 Å². The molecule has 2 amide bonds. The van der Waals surface area contributed by atoms with Gasteiger partial charge in [-0.2, -0.15) is 0 Å². The Balaban J connectivity index is 2.48. The highest BCUT2D eigenvalue weighted by Gasteiger charge is 2.12. The summed E-state index contributed by atoms with van der Waals surface area (Å²) in [6.45, 7) is 5.50. The Morgan fingerprint density at radius 2 is 1.90 bits per heavy atom. The van der Waals surface area contributed by atoms with Crippen LogP contribution in [0.5, 0.6) is 0 Å². The molecule has 1 aromatic rings. The van der Waals surface area contributed by atoms with Gasteiger partial charge in [-0.15, -0.1) is 0 Å². The lowest BCUT2D eigenvalue weighted by atomic mass is 10.3. The summed E-state index contributed by atoms with van der Waals surface area (Å²) in [5.41, 5.74) is 0.774. The van der Waals surface area contributed by atoms with E-state index in [1.807, 2.05) is 38.1 Å². The van der Waals surface area contributed by atoms with Crippen molar-refractivity contribution in [3.8, 4) is 0 Å². The molecule has 20 heavy (non-hydrogen) atoms. The van der Waals surface area contributed by atoms with Crippen LogP contribution in [-0.4, -0.2) is 42.9 Å². The van der Waals surface area contributed by atoms with Gasteiger partial charge in [-0.25, -0.2) is 0 Å². The van der Waals surface area contributed by atoms with Gasteiger partial charge in [-0.1, -0.05) is 13.0 Å². The summed E-state index contributed by atoms with van der Waals surface area (Å²) in [7, 11) is 0. The largest absolute Gasteiger partial charge is 0.355 e. The first kappa shape index (κ1) is 16.9. The van der Waals surface area contributed by atoms with E-state index < -0.39 is 0 Å². The molecule has 0 saturated heterocycles. The molecule has 0 radical (unpaired) electrons. The topological polar surface area (TPSA) is 61.4 Å². The van der Waals surface area contributed by atoms with Gasteiger partial charge in [0.05, 0.1) is 13.1 Å². The second-order valence-corrected chi connectivity index (χ2v) is 5.56. The van der Waals surface area contributed by atoms with Crippen LogP contribution in [0.1, 0.15) is 13.8 Å². The van der Waals surface area contributed by atoms with Crippen LogP contribution in [0.25, 0.3) is 0 Å². The number of amides is 2. The maximum absolute atomic E-state index is 11.9. The normalized spacial score (nSPS) is 10.4. The number of hydrogen-bond acceptors (Lipinski definition) is 3. The van der Waals surface area contributed by atoms with Crippen LogP contribution in [0.3, 0.4) is 0 Å². The minimum absolute atomic E-state index is 0.0589. The summed E-state index contributed by atoms with van der Waals surface area (Å²) < 4.78 is 1.06. The second-order valence-electron chi connectivity index (χ2n) is 4.32. The van der Waals surface area contributed by atoms with Gasteiger partial charge in [-0.05, 0) is 54.3 Å². The molecule has 0 aromatic heterocycles. The zero-order valence-electron chi connectivity index (χ0n) is 11.8. The predicted molar refractivity (Wildman–Crippen MR) is 88.6 cm³/mol. The highest BCUT2D eigenvalue weighted by Crippen LogP contribution is 2.12. The maximum Gasteiger partial charge on any atom is 0.238 e. The van der Waals surface area contributed by atoms with Gasteiger partial charge in [0.25, 0.3) is 0 Å². The van der Waals surface area contributed by atoms with Crippen molar-refractivity contribution in [3.63, 3.8) is 0 Å². The van der Waals surface area contributed by atoms with Crippen molar-refractivity contribution < 1.29 is 9.59 Å². The van der Waals surface area contributed by atoms with E-state index in [0.717, 1.165) is 9.26 Å². The number of benzene rings is 1. The van der Waals surface area contributed by atoms with Crippen LogP contribution in [0, 0.1) is 3.57 Å². The third kappa shape index (κ3) is 6.33. The summed E-state index contributed by atoms with van der Waals surface area (Å²) in [6.07, 6.45) is 0. The van der Waals surface area contributed by atoms with Crippen LogP contribution in [0.15, 0.2) is 24.3 Å². The van der Waals surface area contributed by atoms with Crippen molar-refractivity contribution >= 4 is 40.1 Å². The SMILES string of the molecule is CCNC(=O)CN(CC)CC(=O)Nc1cccc(I)c1. The Labute approximate surface area is 133 Å². The highest BCUT2D eigenvalue weighted by molar-refractivity contribution is 14.1. The molecule has 0 unspecified atom stereocenters. The molecule has 0 heterocycles. The van der Waals surface area contributed by atoms with Gasteiger partial charge >= 0.3 is 0 Å². The number of nitrogens with zero attached hydrogens (tertiary/aromatic N) is 1. The third-order valence-corrected chi connectivity index (χ3v) is 3.33. The number of hydrogen-bond donors (Lipinski definition) is 2. The molecular formula is C14H20IN3O2. The van der Waals surface area contributed by atoms with Crippen molar-refractivity contribution in [2.24, 2.45) is 0 Å². The molecule has 0 aliphatic carbocycles. The van der Waals surface area contributed by atoms with Crippen molar-refractivity contribution in [1.29, 1.82) is 0 Å². The first-order valence-corrected chi connectivity index (χ1v) is 7.67. The zero-order valence-corrected chi connectivity index (χ0v) is 13.9. The van der Waals surface area contributed by atoms with Gasteiger partial charge < -0.3 is 10.6 Å². The fourth-order valence-corrected chi connectivity index (χ4v) is 2.25. The number of carbonyl (C=O) groups excluding carboxylic acids is 2. The number of anilines is 1. The van der Waals surface area contributed by atoms with Gasteiger partial charge in [-0.3, -0.25) is 14.5 Å². The first-order valence-electron chi connectivity index (χ1n) is 6.59. The molecule has 0 fully saturated rings. The average Bonchev–Trinajstić information content (AvgIpc) is 2.38. The highest BCUT2D eigenvalue weighted by atomic mass is 127. The summed E-state index contributed by atoms with van der Waals surface area (Å²) in [6, 6.07) is 7.60. The lowest BCUT2D eigenvalue weighted by molar-refractivity contribution is -0.123. The fourth-order valence-electron chi connectivity index (χ4n) is 1.71. The molecule has 1 aromatic carbocycles. The fraction of sp³-hybridized carbons (Fsp3) is 0.429. The van der Waals surface area contributed by atoms with E-state index in [1.165, 1.54) is 0 Å². The van der Waals surface area contributed by atoms with Crippen molar-refractivity contribution in [1.82, 2.24) is 10.2 Å². The lowest BCUT2D eigenvalue weighted by Crippen LogP contribution is -2.41. The number of carbonyl (C=O) groups is 2. The number of nitrogens with one attached hydrogen (secondary N) is 2. The summed E-state index contributed by atoms with van der Waals surface area (Å²) in [5.74, 6) is -0.172. The Kier molecular flexibility index (Phi) is 7.53. The number of rotatable bonds is 7. The van der Waals surface area contributed by atoms with E-state index in [4.69, 9.17) is 0 Å². The maximum atomic E-state index is 11.9. The Morgan fingerprint density at radius 1 is 1.20 bits per heavy atom. The van der Waals surface area contributed by atoms with Gasteiger partial charge in [0.15, 0.2) is 0 Å². The minimum Gasteiger partial charge on any atom is -0.355 e. The molecule has 0 saturated carbocycles. The summed E-state index contributed by atoms with van der Waals surface area (Å²) in [5, 5.41) is 5.56. The van der Waals surface area contributed by atoms with Crippen molar-refractivity contribution in [3.05, 3.63) is 27.8 Å². The lowest BCUT2D eigenvalue weighted by Gasteiger charge is -2.19. The van der Waals surface area contributed by atoms with Crippen LogP contribution in [0.2, 0.25) is 0 Å². The van der Waals surface area contributed by atoms with Gasteiger partial charge in [0.1, 0.15) is 0 Å². The van der Waals surface area contributed by atoms with Crippen LogP contribution in [-0.2, 0) is 9.59 Å². The van der Waals surface area contributed by atoms with E-state index in [0.29, 0.717) is 13.1 Å². The molecule has 2 N–H and O–H groups in total. The third-order valence-electron chi connectivity index (χ3n) is 2.66. The quantitative estimate of drug-likeness (QED) is 0.698. The Bertz CT molecular complexity index is 465. The molecule has 0 aliphatic heterocycles. The molecule has 0 bridgehead atoms. The standard InChI is InChI=1S/C14H20IN3O2/c1-3-16-13(19)9-18(4-2)10-14(20)17-12-7-5-6-11(15)8-12/h5-8H,3-4,9-10H2,1-2H3,(H,16,19)(H,17,20).